The Morgan fingerprint density at radius 1 is 0.304 bits per heavy atom. The molecule has 1 aromatic heterocycles. The first kappa shape index (κ1) is 40.6. The Kier molecular flexibility index (Phi) is 9.74. The lowest BCUT2D eigenvalue weighted by Gasteiger charge is -2.39. The molecule has 13 rings (SSSR count). The first-order chi connectivity index (χ1) is 34.2. The summed E-state index contributed by atoms with van der Waals surface area (Å²) < 4.78 is 7.14. The van der Waals surface area contributed by atoms with Crippen molar-refractivity contribution < 1.29 is 4.74 Å². The van der Waals surface area contributed by atoms with Crippen molar-refractivity contribution in [2.45, 2.75) is 5.41 Å². The van der Waals surface area contributed by atoms with Gasteiger partial charge in [0.2, 0.25) is 0 Å². The maximum atomic E-state index is 7.14. The lowest BCUT2D eigenvalue weighted by Crippen LogP contribution is -2.74. The zero-order valence-electron chi connectivity index (χ0n) is 37.7. The van der Waals surface area contributed by atoms with Crippen LogP contribution in [0.15, 0.2) is 267 Å². The van der Waals surface area contributed by atoms with E-state index in [0.29, 0.717) is 5.82 Å². The number of para-hydroxylation sites is 2. The summed E-state index contributed by atoms with van der Waals surface area (Å²) in [6.45, 7) is 0. The molecule has 0 bridgehead atoms. The predicted octanol–water partition coefficient (Wildman–Crippen LogP) is 13.0. The molecular weight excluding hydrogens is 853 g/mol. The quantitative estimate of drug-likeness (QED) is 0.113. The molecule has 0 saturated carbocycles. The number of hydrogen-bond acceptors (Lipinski definition) is 3. The molecule has 0 amide bonds. The van der Waals surface area contributed by atoms with E-state index in [9.17, 15) is 0 Å². The molecule has 1 spiro atoms. The Labute approximate surface area is 403 Å². The summed E-state index contributed by atoms with van der Waals surface area (Å²) in [5.41, 5.74) is 13.4. The van der Waals surface area contributed by atoms with Crippen LogP contribution in [0.25, 0.3) is 56.2 Å². The molecule has 324 valence electrons. The van der Waals surface area contributed by atoms with E-state index in [1.807, 2.05) is 0 Å². The van der Waals surface area contributed by atoms with E-state index in [0.717, 1.165) is 56.3 Å². The molecule has 4 heteroatoms. The molecule has 0 N–H and O–H groups in total. The SMILES string of the molecule is c1ccc(-c2ccc(-c3cc(-c4ccc([Si](c5ccccc5)(c5ccccc5)c5ccccc5)cc4)nc(-c4cccc5c4Oc4ccccc4C54c5ccccc5-c5ccccc54)n3)cc2)cc1. The fourth-order valence-corrected chi connectivity index (χ4v) is 16.1. The molecule has 0 radical (unpaired) electrons. The number of ether oxygens (including phenoxy) is 1. The summed E-state index contributed by atoms with van der Waals surface area (Å²) >= 11 is 0. The molecule has 1 aliphatic carbocycles. The van der Waals surface area contributed by atoms with Gasteiger partial charge in [-0.3, -0.25) is 0 Å². The topological polar surface area (TPSA) is 35.0 Å². The van der Waals surface area contributed by atoms with Crippen LogP contribution in [0.2, 0.25) is 0 Å². The third-order valence-electron chi connectivity index (χ3n) is 14.4. The Morgan fingerprint density at radius 2 is 0.696 bits per heavy atom. The highest BCUT2D eigenvalue weighted by molar-refractivity contribution is 7.19. The van der Waals surface area contributed by atoms with Gasteiger partial charge >= 0.3 is 0 Å². The second kappa shape index (κ2) is 16.6. The minimum atomic E-state index is -2.75. The monoisotopic (exact) mass is 896 g/mol. The lowest BCUT2D eigenvalue weighted by atomic mass is 9.66. The van der Waals surface area contributed by atoms with Crippen molar-refractivity contribution in [3.8, 4) is 67.7 Å². The number of rotatable bonds is 8. The van der Waals surface area contributed by atoms with Gasteiger partial charge < -0.3 is 4.74 Å². The van der Waals surface area contributed by atoms with Gasteiger partial charge in [0.1, 0.15) is 11.5 Å². The largest absolute Gasteiger partial charge is 0.456 e. The number of hydrogen-bond donors (Lipinski definition) is 0. The number of fused-ring (bicyclic) bond motifs is 9. The van der Waals surface area contributed by atoms with Crippen LogP contribution in [0, 0.1) is 0 Å². The fraction of sp³-hybridized carbons (Fsp3) is 0.0154. The molecule has 0 atom stereocenters. The van der Waals surface area contributed by atoms with Crippen LogP contribution in [0.4, 0.5) is 0 Å². The third-order valence-corrected chi connectivity index (χ3v) is 19.2. The van der Waals surface area contributed by atoms with Gasteiger partial charge in [-0.05, 0) is 72.3 Å². The van der Waals surface area contributed by atoms with Gasteiger partial charge in [0.15, 0.2) is 13.9 Å². The van der Waals surface area contributed by atoms with E-state index >= 15 is 0 Å². The summed E-state index contributed by atoms with van der Waals surface area (Å²) in [6, 6.07) is 96.5. The van der Waals surface area contributed by atoms with Crippen molar-refractivity contribution in [2.75, 3.05) is 0 Å². The van der Waals surface area contributed by atoms with E-state index in [4.69, 9.17) is 14.7 Å². The van der Waals surface area contributed by atoms with Gasteiger partial charge in [-0.2, -0.15) is 0 Å². The Bertz CT molecular complexity index is 3530. The molecule has 2 aliphatic rings. The summed E-state index contributed by atoms with van der Waals surface area (Å²) in [4.78, 5) is 11.0. The normalized spacial score (nSPS) is 12.9. The molecule has 3 nitrogen and oxygen atoms in total. The molecule has 0 unspecified atom stereocenters. The van der Waals surface area contributed by atoms with Crippen molar-refractivity contribution in [1.82, 2.24) is 9.97 Å². The zero-order chi connectivity index (χ0) is 45.8. The first-order valence-electron chi connectivity index (χ1n) is 23.6. The summed E-state index contributed by atoms with van der Waals surface area (Å²) in [5.74, 6) is 2.20. The smallest absolute Gasteiger partial charge is 0.179 e. The molecular formula is C65H44N2OSi. The molecule has 0 fully saturated rings. The van der Waals surface area contributed by atoms with Crippen LogP contribution in [-0.2, 0) is 5.41 Å². The van der Waals surface area contributed by atoms with Crippen molar-refractivity contribution >= 4 is 28.8 Å². The van der Waals surface area contributed by atoms with Gasteiger partial charge in [-0.15, -0.1) is 0 Å². The molecule has 0 saturated heterocycles. The van der Waals surface area contributed by atoms with Gasteiger partial charge in [-0.25, -0.2) is 9.97 Å². The first-order valence-corrected chi connectivity index (χ1v) is 25.6. The standard InChI is InChI=1S/C65H44N2OSi/c1-5-20-45(21-6-1)46-36-38-47(39-37-46)60-44-61(48-40-42-52(43-41-48)69(49-22-7-2-8-23-49,50-24-9-3-10-25-50)51-26-11-4-12-27-51)67-64(66-60)55-30-19-34-59-63(55)68-62-35-18-17-33-58(62)65(59)56-31-15-13-28-53(56)54-29-14-16-32-57(54)65/h1-44H. The molecule has 69 heavy (non-hydrogen) atoms. The highest BCUT2D eigenvalue weighted by atomic mass is 28.3. The van der Waals surface area contributed by atoms with Crippen LogP contribution in [0.5, 0.6) is 11.5 Å². The fourth-order valence-electron chi connectivity index (χ4n) is 11.3. The Morgan fingerprint density at radius 3 is 1.25 bits per heavy atom. The highest BCUT2D eigenvalue weighted by Gasteiger charge is 2.51. The van der Waals surface area contributed by atoms with Crippen LogP contribution in [0.1, 0.15) is 22.3 Å². The predicted molar refractivity (Wildman–Crippen MR) is 285 cm³/mol. The average Bonchev–Trinajstić information content (AvgIpc) is 3.72. The number of benzene rings is 10. The van der Waals surface area contributed by atoms with E-state index < -0.39 is 13.5 Å². The maximum Gasteiger partial charge on any atom is 0.179 e. The van der Waals surface area contributed by atoms with Crippen LogP contribution in [-0.4, -0.2) is 18.0 Å². The number of aromatic nitrogens is 2. The van der Waals surface area contributed by atoms with Crippen molar-refractivity contribution in [1.29, 1.82) is 0 Å². The minimum Gasteiger partial charge on any atom is -0.456 e. The van der Waals surface area contributed by atoms with Crippen molar-refractivity contribution in [3.05, 3.63) is 289 Å². The molecule has 1 aliphatic heterocycles. The third kappa shape index (κ3) is 6.41. The second-order valence-corrected chi connectivity index (χ2v) is 21.8. The Balaban J connectivity index is 1.01. The van der Waals surface area contributed by atoms with Crippen molar-refractivity contribution in [3.63, 3.8) is 0 Å². The van der Waals surface area contributed by atoms with Gasteiger partial charge in [0, 0.05) is 22.3 Å². The minimum absolute atomic E-state index is 0.603. The van der Waals surface area contributed by atoms with Crippen LogP contribution < -0.4 is 25.5 Å². The second-order valence-electron chi connectivity index (χ2n) is 18.0. The van der Waals surface area contributed by atoms with Gasteiger partial charge in [0.05, 0.1) is 22.4 Å². The average molecular weight is 897 g/mol. The van der Waals surface area contributed by atoms with Gasteiger partial charge in [-0.1, -0.05) is 249 Å². The molecule has 11 aromatic rings. The van der Waals surface area contributed by atoms with E-state index in [1.54, 1.807) is 0 Å². The zero-order valence-corrected chi connectivity index (χ0v) is 38.7. The molecule has 2 heterocycles. The summed E-state index contributed by atoms with van der Waals surface area (Å²) in [6.07, 6.45) is 0. The number of nitrogens with zero attached hydrogens (tertiary/aromatic N) is 2. The maximum absolute atomic E-state index is 7.14. The molecule has 10 aromatic carbocycles. The Hall–Kier alpha value is -8.70. The van der Waals surface area contributed by atoms with E-state index in [2.05, 4.69) is 267 Å². The van der Waals surface area contributed by atoms with E-state index in [-0.39, 0.29) is 0 Å². The van der Waals surface area contributed by atoms with Crippen LogP contribution >= 0.6 is 0 Å². The van der Waals surface area contributed by atoms with Gasteiger partial charge in [0.25, 0.3) is 0 Å². The van der Waals surface area contributed by atoms with E-state index in [1.165, 1.54) is 48.6 Å². The lowest BCUT2D eigenvalue weighted by molar-refractivity contribution is 0.437. The highest BCUT2D eigenvalue weighted by Crippen LogP contribution is 2.63. The summed E-state index contributed by atoms with van der Waals surface area (Å²) in [5, 5.41) is 5.30. The van der Waals surface area contributed by atoms with Crippen molar-refractivity contribution in [2.24, 2.45) is 0 Å². The van der Waals surface area contributed by atoms with Crippen LogP contribution in [0.3, 0.4) is 0 Å². The summed E-state index contributed by atoms with van der Waals surface area (Å²) in [7, 11) is -2.75.